The van der Waals surface area contributed by atoms with Crippen LogP contribution < -0.4 is 4.90 Å². The Labute approximate surface area is 153 Å². The van der Waals surface area contributed by atoms with Crippen LogP contribution in [0.25, 0.3) is 0 Å². The number of nitro benzene ring substituents is 1. The van der Waals surface area contributed by atoms with Gasteiger partial charge in [0.05, 0.1) is 10.2 Å². The summed E-state index contributed by atoms with van der Waals surface area (Å²) >= 11 is 3.04. The maximum atomic E-state index is 12.6. The zero-order chi connectivity index (χ0) is 17.8. The Balaban J connectivity index is 1.53. The number of carbonyl (C=O) groups excluding carboxylic acids is 1. The minimum absolute atomic E-state index is 0.0571. The van der Waals surface area contributed by atoms with Gasteiger partial charge in [-0.1, -0.05) is 0 Å². The summed E-state index contributed by atoms with van der Waals surface area (Å²) in [5.41, 5.74) is 0.0571. The summed E-state index contributed by atoms with van der Waals surface area (Å²) in [4.78, 5) is 32.1. The molecule has 1 aromatic heterocycles. The number of non-ortho nitro benzene ring substituents is 1. The molecule has 1 atom stereocenters. The Hall–Kier alpha value is -2.13. The second-order valence-electron chi connectivity index (χ2n) is 5.64. The SMILES string of the molecule is CC(Sc1ccc([N+](=O)[O-])cc1)C(=O)N1CCN(c2nccs2)CC1. The first-order chi connectivity index (χ1) is 12.0. The number of amides is 1. The minimum Gasteiger partial charge on any atom is -0.345 e. The molecule has 0 aliphatic carbocycles. The number of thiazole rings is 1. The van der Waals surface area contributed by atoms with E-state index in [1.165, 1.54) is 23.9 Å². The molecular formula is C16H18N4O3S2. The van der Waals surface area contributed by atoms with Crippen LogP contribution in [0.5, 0.6) is 0 Å². The lowest BCUT2D eigenvalue weighted by atomic mass is 10.3. The van der Waals surface area contributed by atoms with Crippen molar-refractivity contribution in [3.63, 3.8) is 0 Å². The highest BCUT2D eigenvalue weighted by Crippen LogP contribution is 2.27. The van der Waals surface area contributed by atoms with E-state index in [9.17, 15) is 14.9 Å². The van der Waals surface area contributed by atoms with Gasteiger partial charge < -0.3 is 9.80 Å². The number of benzene rings is 1. The minimum atomic E-state index is -0.426. The maximum absolute atomic E-state index is 12.6. The van der Waals surface area contributed by atoms with Crippen molar-refractivity contribution in [1.29, 1.82) is 0 Å². The standard InChI is InChI=1S/C16H18N4O3S2/c1-12(25-14-4-2-13(3-5-14)20(22)23)15(21)18-7-9-19(10-8-18)16-17-6-11-24-16/h2-6,11-12H,7-10H2,1H3. The summed E-state index contributed by atoms with van der Waals surface area (Å²) in [6, 6.07) is 6.30. The summed E-state index contributed by atoms with van der Waals surface area (Å²) in [6.07, 6.45) is 1.79. The summed E-state index contributed by atoms with van der Waals surface area (Å²) in [5, 5.41) is 13.4. The van der Waals surface area contributed by atoms with Crippen molar-refractivity contribution in [3.8, 4) is 0 Å². The molecule has 7 nitrogen and oxygen atoms in total. The van der Waals surface area contributed by atoms with Crippen molar-refractivity contribution in [2.45, 2.75) is 17.1 Å². The summed E-state index contributed by atoms with van der Waals surface area (Å²) in [7, 11) is 0. The Morgan fingerprint density at radius 1 is 1.28 bits per heavy atom. The fourth-order valence-corrected chi connectivity index (χ4v) is 4.30. The Bertz CT molecular complexity index is 728. The van der Waals surface area contributed by atoms with E-state index in [1.54, 1.807) is 29.7 Å². The third-order valence-electron chi connectivity index (χ3n) is 3.99. The normalized spacial score (nSPS) is 15.9. The fraction of sp³-hybridized carbons (Fsp3) is 0.375. The smallest absolute Gasteiger partial charge is 0.269 e. The van der Waals surface area contributed by atoms with Gasteiger partial charge in [0.15, 0.2) is 5.13 Å². The van der Waals surface area contributed by atoms with Crippen molar-refractivity contribution >= 4 is 39.8 Å². The van der Waals surface area contributed by atoms with Gasteiger partial charge in [-0.2, -0.15) is 0 Å². The van der Waals surface area contributed by atoms with Crippen LogP contribution in [0.2, 0.25) is 0 Å². The maximum Gasteiger partial charge on any atom is 0.269 e. The van der Waals surface area contributed by atoms with Gasteiger partial charge in [-0.25, -0.2) is 4.98 Å². The van der Waals surface area contributed by atoms with E-state index in [0.29, 0.717) is 13.1 Å². The molecular weight excluding hydrogens is 360 g/mol. The van der Waals surface area contributed by atoms with Crippen LogP contribution in [0.15, 0.2) is 40.7 Å². The van der Waals surface area contributed by atoms with E-state index in [0.717, 1.165) is 23.1 Å². The third-order valence-corrected chi connectivity index (χ3v) is 5.92. The molecule has 1 amide bonds. The lowest BCUT2D eigenvalue weighted by Crippen LogP contribution is -2.50. The molecule has 0 N–H and O–H groups in total. The van der Waals surface area contributed by atoms with Crippen molar-refractivity contribution < 1.29 is 9.72 Å². The zero-order valence-electron chi connectivity index (χ0n) is 13.7. The molecule has 1 fully saturated rings. The van der Waals surface area contributed by atoms with Crippen LogP contribution in [0, 0.1) is 10.1 Å². The van der Waals surface area contributed by atoms with Crippen LogP contribution in [0.4, 0.5) is 10.8 Å². The highest BCUT2D eigenvalue weighted by Gasteiger charge is 2.26. The molecule has 0 bridgehead atoms. The van der Waals surface area contributed by atoms with Crippen molar-refractivity contribution in [2.75, 3.05) is 31.1 Å². The molecule has 1 unspecified atom stereocenters. The van der Waals surface area contributed by atoms with Gasteiger partial charge >= 0.3 is 0 Å². The lowest BCUT2D eigenvalue weighted by Gasteiger charge is -2.35. The number of aromatic nitrogens is 1. The van der Waals surface area contributed by atoms with Crippen LogP contribution in [-0.2, 0) is 4.79 Å². The van der Waals surface area contributed by atoms with E-state index >= 15 is 0 Å². The monoisotopic (exact) mass is 378 g/mol. The van der Waals surface area contributed by atoms with E-state index in [2.05, 4.69) is 9.88 Å². The number of hydrogen-bond donors (Lipinski definition) is 0. The van der Waals surface area contributed by atoms with Gasteiger partial charge in [0.1, 0.15) is 0 Å². The summed E-state index contributed by atoms with van der Waals surface area (Å²) in [5.74, 6) is 0.0992. The van der Waals surface area contributed by atoms with Gasteiger partial charge in [0.2, 0.25) is 5.91 Å². The zero-order valence-corrected chi connectivity index (χ0v) is 15.3. The first-order valence-corrected chi connectivity index (χ1v) is 9.65. The number of nitrogens with zero attached hydrogens (tertiary/aromatic N) is 4. The van der Waals surface area contributed by atoms with Gasteiger partial charge in [-0.3, -0.25) is 14.9 Å². The second-order valence-corrected chi connectivity index (χ2v) is 7.93. The van der Waals surface area contributed by atoms with E-state index < -0.39 is 4.92 Å². The predicted molar refractivity (Wildman–Crippen MR) is 99.3 cm³/mol. The summed E-state index contributed by atoms with van der Waals surface area (Å²) < 4.78 is 0. The van der Waals surface area contributed by atoms with Crippen LogP contribution in [0.1, 0.15) is 6.92 Å². The van der Waals surface area contributed by atoms with Crippen molar-refractivity contribution in [2.24, 2.45) is 0 Å². The predicted octanol–water partition coefficient (Wildman–Crippen LogP) is 2.88. The highest BCUT2D eigenvalue weighted by molar-refractivity contribution is 8.00. The molecule has 132 valence electrons. The number of thioether (sulfide) groups is 1. The highest BCUT2D eigenvalue weighted by atomic mass is 32.2. The molecule has 1 saturated heterocycles. The second kappa shape index (κ2) is 7.83. The molecule has 1 aliphatic rings. The number of carbonyl (C=O) groups is 1. The third kappa shape index (κ3) is 4.29. The number of hydrogen-bond acceptors (Lipinski definition) is 7. The largest absolute Gasteiger partial charge is 0.345 e. The Morgan fingerprint density at radius 2 is 1.96 bits per heavy atom. The molecule has 9 heteroatoms. The molecule has 0 saturated carbocycles. The van der Waals surface area contributed by atoms with Gasteiger partial charge in [-0.15, -0.1) is 23.1 Å². The molecule has 2 heterocycles. The van der Waals surface area contributed by atoms with Gasteiger partial charge in [-0.05, 0) is 19.1 Å². The first kappa shape index (κ1) is 17.7. The lowest BCUT2D eigenvalue weighted by molar-refractivity contribution is -0.384. The first-order valence-electron chi connectivity index (χ1n) is 7.89. The molecule has 0 radical (unpaired) electrons. The van der Waals surface area contributed by atoms with Crippen LogP contribution in [-0.4, -0.2) is 52.1 Å². The van der Waals surface area contributed by atoms with Gasteiger partial charge in [0, 0.05) is 54.8 Å². The molecule has 0 spiro atoms. The number of nitro groups is 1. The summed E-state index contributed by atoms with van der Waals surface area (Å²) in [6.45, 7) is 4.82. The quantitative estimate of drug-likeness (QED) is 0.452. The van der Waals surface area contributed by atoms with E-state index in [4.69, 9.17) is 0 Å². The Morgan fingerprint density at radius 3 is 2.52 bits per heavy atom. The average molecular weight is 378 g/mol. The van der Waals surface area contributed by atoms with E-state index in [-0.39, 0.29) is 16.8 Å². The van der Waals surface area contributed by atoms with Crippen molar-refractivity contribution in [3.05, 3.63) is 46.0 Å². The molecule has 1 aliphatic heterocycles. The molecule has 2 aromatic rings. The number of anilines is 1. The fourth-order valence-electron chi connectivity index (χ4n) is 2.65. The molecule has 3 rings (SSSR count). The Kier molecular flexibility index (Phi) is 5.54. The number of rotatable bonds is 5. The van der Waals surface area contributed by atoms with E-state index in [1.807, 2.05) is 17.2 Å². The van der Waals surface area contributed by atoms with Crippen LogP contribution >= 0.6 is 23.1 Å². The van der Waals surface area contributed by atoms with Crippen molar-refractivity contribution in [1.82, 2.24) is 9.88 Å². The van der Waals surface area contributed by atoms with Crippen LogP contribution in [0.3, 0.4) is 0 Å². The number of piperazine rings is 1. The van der Waals surface area contributed by atoms with Gasteiger partial charge in [0.25, 0.3) is 5.69 Å². The topological polar surface area (TPSA) is 79.6 Å². The average Bonchev–Trinajstić information content (AvgIpc) is 3.16. The molecule has 25 heavy (non-hydrogen) atoms. The molecule has 1 aromatic carbocycles.